The van der Waals surface area contributed by atoms with E-state index in [0.717, 1.165) is 24.6 Å². The maximum atomic E-state index is 7.00. The second-order valence-electron chi connectivity index (χ2n) is 10.5. The van der Waals surface area contributed by atoms with Crippen molar-refractivity contribution in [2.75, 3.05) is 0 Å². The van der Waals surface area contributed by atoms with Crippen molar-refractivity contribution >= 4 is 16.6 Å². The summed E-state index contributed by atoms with van der Waals surface area (Å²) in [7, 11) is -3.73. The number of benzene rings is 1. The van der Waals surface area contributed by atoms with Crippen LogP contribution < -0.4 is 0 Å². The quantitative estimate of drug-likeness (QED) is 0.344. The van der Waals surface area contributed by atoms with Crippen LogP contribution in [0.3, 0.4) is 0 Å². The molecule has 1 fully saturated rings. The standard InChI is InChI=1S/C25H46O4Si2/c1-10-31(11-2,12-3)28-22-18-23(29-30(8,9)25(5,6)7)27-20(4)24(22)26-19-21-16-14-13-15-17-21/h13-17,20,22-24H,10-12,18-19H2,1-9H3. The monoisotopic (exact) mass is 466 g/mol. The van der Waals surface area contributed by atoms with Crippen LogP contribution in [0.1, 0.15) is 60.5 Å². The molecule has 1 aromatic rings. The Balaban J connectivity index is 2.21. The van der Waals surface area contributed by atoms with Gasteiger partial charge < -0.3 is 18.3 Å². The molecule has 4 unspecified atom stereocenters. The molecule has 0 saturated carbocycles. The van der Waals surface area contributed by atoms with Gasteiger partial charge in [-0.15, -0.1) is 0 Å². The topological polar surface area (TPSA) is 36.9 Å². The van der Waals surface area contributed by atoms with Crippen LogP contribution in [0.25, 0.3) is 0 Å². The van der Waals surface area contributed by atoms with E-state index in [4.69, 9.17) is 18.3 Å². The average Bonchev–Trinajstić information content (AvgIpc) is 2.71. The van der Waals surface area contributed by atoms with Gasteiger partial charge in [0.1, 0.15) is 6.10 Å². The number of hydrogen-bond donors (Lipinski definition) is 0. The Labute approximate surface area is 193 Å². The molecular formula is C25H46O4Si2. The molecule has 31 heavy (non-hydrogen) atoms. The van der Waals surface area contributed by atoms with Gasteiger partial charge in [-0.05, 0) is 48.8 Å². The van der Waals surface area contributed by atoms with E-state index in [0.29, 0.717) is 6.61 Å². The Hall–Kier alpha value is -0.506. The van der Waals surface area contributed by atoms with Crippen molar-refractivity contribution in [2.45, 2.75) is 122 Å². The highest BCUT2D eigenvalue weighted by Gasteiger charge is 2.46. The molecule has 0 N–H and O–H groups in total. The zero-order valence-electron chi connectivity index (χ0n) is 21.4. The van der Waals surface area contributed by atoms with Crippen molar-refractivity contribution in [3.8, 4) is 0 Å². The number of rotatable bonds is 10. The highest BCUT2D eigenvalue weighted by atomic mass is 28.4. The second kappa shape index (κ2) is 11.1. The first kappa shape index (κ1) is 26.7. The lowest BCUT2D eigenvalue weighted by Gasteiger charge is -2.47. The van der Waals surface area contributed by atoms with Gasteiger partial charge in [-0.25, -0.2) is 0 Å². The minimum atomic E-state index is -1.94. The SMILES string of the molecule is CC[Si](CC)(CC)OC1CC(O[Si](C)(C)C(C)(C)C)OC(C)C1OCc1ccccc1. The molecule has 0 amide bonds. The summed E-state index contributed by atoms with van der Waals surface area (Å²) in [6.45, 7) is 20.9. The number of hydrogen-bond acceptors (Lipinski definition) is 4. The van der Waals surface area contributed by atoms with Crippen molar-refractivity contribution in [1.29, 1.82) is 0 Å². The van der Waals surface area contributed by atoms with Crippen LogP contribution >= 0.6 is 0 Å². The third kappa shape index (κ3) is 6.99. The summed E-state index contributed by atoms with van der Waals surface area (Å²) < 4.78 is 26.5. The van der Waals surface area contributed by atoms with Crippen molar-refractivity contribution in [3.63, 3.8) is 0 Å². The third-order valence-corrected chi connectivity index (χ3v) is 16.6. The van der Waals surface area contributed by atoms with Crippen molar-refractivity contribution in [3.05, 3.63) is 35.9 Å². The van der Waals surface area contributed by atoms with Gasteiger partial charge in [0.25, 0.3) is 0 Å². The van der Waals surface area contributed by atoms with Gasteiger partial charge in [0.15, 0.2) is 22.9 Å². The molecule has 2 rings (SSSR count). The normalized spacial score (nSPS) is 25.6. The third-order valence-electron chi connectivity index (χ3n) is 7.47. The fraction of sp³-hybridized carbons (Fsp3) is 0.760. The van der Waals surface area contributed by atoms with E-state index in [9.17, 15) is 0 Å². The molecule has 1 aromatic carbocycles. The molecular weight excluding hydrogens is 420 g/mol. The van der Waals surface area contributed by atoms with E-state index in [2.05, 4.69) is 85.8 Å². The van der Waals surface area contributed by atoms with E-state index < -0.39 is 16.6 Å². The van der Waals surface area contributed by atoms with E-state index in [-0.39, 0.29) is 29.6 Å². The summed E-state index contributed by atoms with van der Waals surface area (Å²) in [4.78, 5) is 0. The van der Waals surface area contributed by atoms with E-state index in [1.54, 1.807) is 0 Å². The lowest BCUT2D eigenvalue weighted by molar-refractivity contribution is -0.231. The second-order valence-corrected chi connectivity index (χ2v) is 20.0. The highest BCUT2D eigenvalue weighted by molar-refractivity contribution is 6.74. The molecule has 4 atom stereocenters. The van der Waals surface area contributed by atoms with E-state index >= 15 is 0 Å². The van der Waals surface area contributed by atoms with Gasteiger partial charge >= 0.3 is 0 Å². The molecule has 0 spiro atoms. The predicted octanol–water partition coefficient (Wildman–Crippen LogP) is 7.12. The molecule has 0 aliphatic carbocycles. The first-order chi connectivity index (χ1) is 14.5. The minimum Gasteiger partial charge on any atom is -0.411 e. The van der Waals surface area contributed by atoms with Crippen molar-refractivity contribution in [2.24, 2.45) is 0 Å². The molecule has 6 heteroatoms. The Morgan fingerprint density at radius 3 is 2.06 bits per heavy atom. The smallest absolute Gasteiger partial charge is 0.195 e. The molecule has 0 bridgehead atoms. The predicted molar refractivity (Wildman–Crippen MR) is 134 cm³/mol. The van der Waals surface area contributed by atoms with Crippen LogP contribution in [-0.2, 0) is 24.9 Å². The molecule has 1 heterocycles. The van der Waals surface area contributed by atoms with Gasteiger partial charge in [-0.1, -0.05) is 71.9 Å². The van der Waals surface area contributed by atoms with E-state index in [1.807, 2.05) is 6.07 Å². The van der Waals surface area contributed by atoms with Crippen LogP contribution in [0.5, 0.6) is 0 Å². The Bertz CT molecular complexity index is 647. The maximum absolute atomic E-state index is 7.00. The Morgan fingerprint density at radius 2 is 1.55 bits per heavy atom. The lowest BCUT2D eigenvalue weighted by Crippen LogP contribution is -2.56. The molecule has 0 aromatic heterocycles. The highest BCUT2D eigenvalue weighted by Crippen LogP contribution is 2.40. The van der Waals surface area contributed by atoms with Crippen LogP contribution in [0, 0.1) is 0 Å². The summed E-state index contributed by atoms with van der Waals surface area (Å²) in [6.07, 6.45) is 0.361. The number of ether oxygens (including phenoxy) is 2. The summed E-state index contributed by atoms with van der Waals surface area (Å²) in [5.74, 6) is 0. The van der Waals surface area contributed by atoms with Gasteiger partial charge in [-0.2, -0.15) is 0 Å². The fourth-order valence-electron chi connectivity index (χ4n) is 4.03. The van der Waals surface area contributed by atoms with Gasteiger partial charge in [0, 0.05) is 6.42 Å². The maximum Gasteiger partial charge on any atom is 0.195 e. The van der Waals surface area contributed by atoms with Gasteiger partial charge in [-0.3, -0.25) is 0 Å². The summed E-state index contributed by atoms with van der Waals surface area (Å²) in [5.41, 5.74) is 1.18. The molecule has 178 valence electrons. The fourth-order valence-corrected chi connectivity index (χ4v) is 8.06. The lowest BCUT2D eigenvalue weighted by atomic mass is 10.0. The summed E-state index contributed by atoms with van der Waals surface area (Å²) >= 11 is 0. The van der Waals surface area contributed by atoms with E-state index in [1.165, 1.54) is 5.56 Å². The van der Waals surface area contributed by atoms with Crippen molar-refractivity contribution in [1.82, 2.24) is 0 Å². The van der Waals surface area contributed by atoms with Crippen LogP contribution in [0.2, 0.25) is 36.3 Å². The molecule has 0 radical (unpaired) electrons. The zero-order chi connectivity index (χ0) is 23.3. The summed E-state index contributed by atoms with van der Waals surface area (Å²) in [5, 5.41) is 0.144. The van der Waals surface area contributed by atoms with Crippen LogP contribution in [-0.4, -0.2) is 41.2 Å². The van der Waals surface area contributed by atoms with Crippen LogP contribution in [0.4, 0.5) is 0 Å². The molecule has 4 nitrogen and oxygen atoms in total. The van der Waals surface area contributed by atoms with Gasteiger partial charge in [0.05, 0.1) is 18.8 Å². The Morgan fingerprint density at radius 1 is 0.968 bits per heavy atom. The average molecular weight is 467 g/mol. The largest absolute Gasteiger partial charge is 0.411 e. The molecule has 1 saturated heterocycles. The molecule has 1 aliphatic heterocycles. The summed E-state index contributed by atoms with van der Waals surface area (Å²) in [6, 6.07) is 13.8. The Kier molecular flexibility index (Phi) is 9.56. The first-order valence-electron chi connectivity index (χ1n) is 12.1. The minimum absolute atomic E-state index is 0.00810. The molecule has 1 aliphatic rings. The first-order valence-corrected chi connectivity index (χ1v) is 17.6. The van der Waals surface area contributed by atoms with Crippen molar-refractivity contribution < 1.29 is 18.3 Å². The van der Waals surface area contributed by atoms with Gasteiger partial charge in [0.2, 0.25) is 0 Å². The van der Waals surface area contributed by atoms with Crippen LogP contribution in [0.15, 0.2) is 30.3 Å². The zero-order valence-corrected chi connectivity index (χ0v) is 23.4.